The highest BCUT2D eigenvalue weighted by atomic mass is 19.4. The summed E-state index contributed by atoms with van der Waals surface area (Å²) in [4.78, 5) is 0. The van der Waals surface area contributed by atoms with E-state index in [-0.39, 0.29) is 0 Å². The topological polar surface area (TPSA) is 14.1 Å². The van der Waals surface area contributed by atoms with E-state index in [2.05, 4.69) is 5.32 Å². The maximum absolute atomic E-state index is 12.4. The Hall–Kier alpha value is -1.81. The standard InChI is InChI=1S/C15H13F3N/c1-19-10-11-2-4-12(5-3-11)13-6-8-14(9-7-13)15(16,17)18/h2-9H,10H2,1H3. The van der Waals surface area contributed by atoms with E-state index in [1.54, 1.807) is 7.05 Å². The normalized spacial score (nSPS) is 11.6. The second-order valence-electron chi connectivity index (χ2n) is 4.25. The van der Waals surface area contributed by atoms with E-state index >= 15 is 0 Å². The highest BCUT2D eigenvalue weighted by Gasteiger charge is 2.29. The molecule has 2 aromatic rings. The van der Waals surface area contributed by atoms with Crippen LogP contribution in [0.5, 0.6) is 0 Å². The van der Waals surface area contributed by atoms with Crippen molar-refractivity contribution in [3.05, 3.63) is 59.7 Å². The van der Waals surface area contributed by atoms with Crippen LogP contribution in [0.25, 0.3) is 11.1 Å². The van der Waals surface area contributed by atoms with Crippen LogP contribution in [0, 0.1) is 0 Å². The molecule has 0 fully saturated rings. The quantitative estimate of drug-likeness (QED) is 0.792. The smallest absolute Gasteiger partial charge is 0.240 e. The Labute approximate surface area is 110 Å². The molecule has 19 heavy (non-hydrogen) atoms. The van der Waals surface area contributed by atoms with Crippen molar-refractivity contribution in [2.24, 2.45) is 0 Å². The molecule has 1 radical (unpaired) electrons. The van der Waals surface area contributed by atoms with Gasteiger partial charge in [-0.15, -0.1) is 0 Å². The molecule has 0 unspecified atom stereocenters. The zero-order valence-electron chi connectivity index (χ0n) is 10.4. The maximum Gasteiger partial charge on any atom is 0.416 e. The SMILES string of the molecule is C[N]Cc1ccc(-c2ccc(C(F)(F)F)cc2)cc1. The number of hydrogen-bond acceptors (Lipinski definition) is 0. The number of alkyl halides is 3. The Balaban J connectivity index is 2.22. The molecule has 0 bridgehead atoms. The van der Waals surface area contributed by atoms with Crippen molar-refractivity contribution in [3.8, 4) is 11.1 Å². The lowest BCUT2D eigenvalue weighted by molar-refractivity contribution is -0.137. The zero-order valence-corrected chi connectivity index (χ0v) is 10.4. The maximum atomic E-state index is 12.4. The summed E-state index contributed by atoms with van der Waals surface area (Å²) >= 11 is 0. The van der Waals surface area contributed by atoms with Gasteiger partial charge < -0.3 is 0 Å². The van der Waals surface area contributed by atoms with E-state index in [9.17, 15) is 13.2 Å². The minimum Gasteiger partial charge on any atom is -0.240 e. The molecule has 0 aliphatic heterocycles. The lowest BCUT2D eigenvalue weighted by atomic mass is 10.0. The highest BCUT2D eigenvalue weighted by Crippen LogP contribution is 2.30. The van der Waals surface area contributed by atoms with Crippen LogP contribution >= 0.6 is 0 Å². The molecule has 2 rings (SSSR count). The van der Waals surface area contributed by atoms with Gasteiger partial charge in [0.25, 0.3) is 0 Å². The molecule has 0 heterocycles. The van der Waals surface area contributed by atoms with Gasteiger partial charge in [0.05, 0.1) is 5.56 Å². The van der Waals surface area contributed by atoms with Crippen LogP contribution in [0.3, 0.4) is 0 Å². The highest BCUT2D eigenvalue weighted by molar-refractivity contribution is 5.64. The molecule has 99 valence electrons. The summed E-state index contributed by atoms with van der Waals surface area (Å²) in [6, 6.07) is 12.8. The van der Waals surface area contributed by atoms with Crippen molar-refractivity contribution in [2.45, 2.75) is 12.7 Å². The third kappa shape index (κ3) is 3.35. The van der Waals surface area contributed by atoms with E-state index in [0.29, 0.717) is 6.54 Å². The molecule has 0 aliphatic carbocycles. The van der Waals surface area contributed by atoms with Crippen molar-refractivity contribution in [2.75, 3.05) is 7.05 Å². The van der Waals surface area contributed by atoms with E-state index in [1.807, 2.05) is 24.3 Å². The van der Waals surface area contributed by atoms with E-state index in [0.717, 1.165) is 28.8 Å². The third-order valence-corrected chi connectivity index (χ3v) is 2.84. The summed E-state index contributed by atoms with van der Waals surface area (Å²) in [5, 5.41) is 4.02. The van der Waals surface area contributed by atoms with E-state index in [4.69, 9.17) is 0 Å². The van der Waals surface area contributed by atoms with Crippen LogP contribution in [-0.4, -0.2) is 7.05 Å². The van der Waals surface area contributed by atoms with Gasteiger partial charge in [-0.3, -0.25) is 0 Å². The van der Waals surface area contributed by atoms with Gasteiger partial charge in [0, 0.05) is 13.6 Å². The average molecular weight is 264 g/mol. The molecule has 4 heteroatoms. The zero-order chi connectivity index (χ0) is 13.9. The van der Waals surface area contributed by atoms with Crippen LogP contribution in [0.15, 0.2) is 48.5 Å². The summed E-state index contributed by atoms with van der Waals surface area (Å²) in [5.74, 6) is 0. The molecule has 0 aromatic heterocycles. The number of hydrogen-bond donors (Lipinski definition) is 0. The molecule has 0 amide bonds. The van der Waals surface area contributed by atoms with Crippen molar-refractivity contribution >= 4 is 0 Å². The molecule has 0 N–H and O–H groups in total. The summed E-state index contributed by atoms with van der Waals surface area (Å²) in [5.41, 5.74) is 2.12. The van der Waals surface area contributed by atoms with Crippen molar-refractivity contribution < 1.29 is 13.2 Å². The van der Waals surface area contributed by atoms with Crippen molar-refractivity contribution in [1.29, 1.82) is 0 Å². The van der Waals surface area contributed by atoms with Crippen LogP contribution in [-0.2, 0) is 12.7 Å². The van der Waals surface area contributed by atoms with Gasteiger partial charge in [0.2, 0.25) is 0 Å². The fourth-order valence-corrected chi connectivity index (χ4v) is 1.84. The predicted molar refractivity (Wildman–Crippen MR) is 68.6 cm³/mol. The minimum absolute atomic E-state index is 0.627. The molecule has 1 nitrogen and oxygen atoms in total. The molecule has 0 atom stereocenters. The van der Waals surface area contributed by atoms with Crippen LogP contribution in [0.2, 0.25) is 0 Å². The molecular weight excluding hydrogens is 251 g/mol. The molecular formula is C15H13F3N. The summed E-state index contributed by atoms with van der Waals surface area (Å²) in [7, 11) is 1.74. The van der Waals surface area contributed by atoms with Gasteiger partial charge in [-0.05, 0) is 28.8 Å². The van der Waals surface area contributed by atoms with Gasteiger partial charge in [0.15, 0.2) is 0 Å². The lowest BCUT2D eigenvalue weighted by Gasteiger charge is -2.08. The minimum atomic E-state index is -4.29. The van der Waals surface area contributed by atoms with Gasteiger partial charge in [-0.1, -0.05) is 36.4 Å². The van der Waals surface area contributed by atoms with Gasteiger partial charge in [-0.2, -0.15) is 13.2 Å². The number of rotatable bonds is 3. The lowest BCUT2D eigenvalue weighted by Crippen LogP contribution is -2.04. The van der Waals surface area contributed by atoms with Crippen LogP contribution < -0.4 is 5.32 Å². The Kier molecular flexibility index (Phi) is 3.90. The van der Waals surface area contributed by atoms with Gasteiger partial charge in [-0.25, -0.2) is 5.32 Å². The van der Waals surface area contributed by atoms with Gasteiger partial charge in [0.1, 0.15) is 0 Å². The Morgan fingerprint density at radius 1 is 0.842 bits per heavy atom. The molecule has 0 saturated heterocycles. The second-order valence-corrected chi connectivity index (χ2v) is 4.25. The summed E-state index contributed by atoms with van der Waals surface area (Å²) in [6.07, 6.45) is -4.29. The Morgan fingerprint density at radius 2 is 1.32 bits per heavy atom. The van der Waals surface area contributed by atoms with Crippen molar-refractivity contribution in [1.82, 2.24) is 5.32 Å². The molecule has 0 aliphatic rings. The third-order valence-electron chi connectivity index (χ3n) is 2.84. The van der Waals surface area contributed by atoms with Gasteiger partial charge >= 0.3 is 6.18 Å². The summed E-state index contributed by atoms with van der Waals surface area (Å²) < 4.78 is 37.3. The fourth-order valence-electron chi connectivity index (χ4n) is 1.84. The number of halogens is 3. The number of nitrogens with zero attached hydrogens (tertiary/aromatic N) is 1. The first-order valence-electron chi connectivity index (χ1n) is 5.83. The fraction of sp³-hybridized carbons (Fsp3) is 0.200. The predicted octanol–water partition coefficient (Wildman–Crippen LogP) is 4.11. The first kappa shape index (κ1) is 13.6. The largest absolute Gasteiger partial charge is 0.416 e. The molecule has 0 saturated carbocycles. The Bertz CT molecular complexity index is 527. The van der Waals surface area contributed by atoms with Crippen LogP contribution in [0.4, 0.5) is 13.2 Å². The first-order valence-corrected chi connectivity index (χ1v) is 5.83. The van der Waals surface area contributed by atoms with Crippen molar-refractivity contribution in [3.63, 3.8) is 0 Å². The number of benzene rings is 2. The van der Waals surface area contributed by atoms with E-state index in [1.165, 1.54) is 12.1 Å². The summed E-state index contributed by atoms with van der Waals surface area (Å²) in [6.45, 7) is 0.646. The molecule has 2 aromatic carbocycles. The average Bonchev–Trinajstić information content (AvgIpc) is 2.39. The van der Waals surface area contributed by atoms with Crippen LogP contribution in [0.1, 0.15) is 11.1 Å². The second kappa shape index (κ2) is 5.45. The van der Waals surface area contributed by atoms with E-state index < -0.39 is 11.7 Å². The Morgan fingerprint density at radius 3 is 1.74 bits per heavy atom. The monoisotopic (exact) mass is 264 g/mol. The first-order chi connectivity index (χ1) is 9.00. The molecule has 0 spiro atoms.